The lowest BCUT2D eigenvalue weighted by molar-refractivity contribution is 0.0611. The van der Waals surface area contributed by atoms with E-state index in [2.05, 4.69) is 48.4 Å². The molecular formula is C17H24N2O. The minimum atomic E-state index is 0.195. The Hall–Kier alpha value is -1.45. The molecule has 108 valence electrons. The van der Waals surface area contributed by atoms with Gasteiger partial charge in [0.15, 0.2) is 0 Å². The number of aromatic nitrogens is 1. The Morgan fingerprint density at radius 3 is 2.80 bits per heavy atom. The standard InChI is InChI=1S/C17H24N2O/c1-4-7-16(20-3)17(18-5-2)14-10-9-13-8-6-11-19-15(13)12-14/h6,8-12,16-18H,4-5,7H2,1-3H3. The van der Waals surface area contributed by atoms with Crippen LogP contribution in [0.2, 0.25) is 0 Å². The van der Waals surface area contributed by atoms with Crippen molar-refractivity contribution in [3.63, 3.8) is 0 Å². The molecule has 0 fully saturated rings. The van der Waals surface area contributed by atoms with Gasteiger partial charge in [-0.15, -0.1) is 0 Å². The molecule has 1 N–H and O–H groups in total. The largest absolute Gasteiger partial charge is 0.379 e. The van der Waals surface area contributed by atoms with Crippen LogP contribution in [0.15, 0.2) is 36.5 Å². The first-order chi connectivity index (χ1) is 9.80. The number of likely N-dealkylation sites (N-methyl/N-ethyl adjacent to an activating group) is 1. The minimum absolute atomic E-state index is 0.195. The third-order valence-corrected chi connectivity index (χ3v) is 3.66. The van der Waals surface area contributed by atoms with Crippen molar-refractivity contribution in [2.24, 2.45) is 0 Å². The van der Waals surface area contributed by atoms with E-state index in [1.165, 1.54) is 10.9 Å². The van der Waals surface area contributed by atoms with Crippen LogP contribution in [0.1, 0.15) is 38.3 Å². The molecule has 1 heterocycles. The highest BCUT2D eigenvalue weighted by atomic mass is 16.5. The predicted molar refractivity (Wildman–Crippen MR) is 83.9 cm³/mol. The van der Waals surface area contributed by atoms with Crippen LogP contribution in [-0.4, -0.2) is 24.7 Å². The second kappa shape index (κ2) is 7.36. The summed E-state index contributed by atoms with van der Waals surface area (Å²) in [5, 5.41) is 4.72. The zero-order valence-electron chi connectivity index (χ0n) is 12.6. The molecule has 2 atom stereocenters. The molecule has 0 aliphatic heterocycles. The third kappa shape index (κ3) is 3.35. The van der Waals surface area contributed by atoms with Crippen LogP contribution in [0.3, 0.4) is 0 Å². The lowest BCUT2D eigenvalue weighted by Crippen LogP contribution is -2.33. The molecule has 2 aromatic rings. The highest BCUT2D eigenvalue weighted by Crippen LogP contribution is 2.25. The van der Waals surface area contributed by atoms with E-state index in [4.69, 9.17) is 4.74 Å². The molecule has 0 aliphatic carbocycles. The number of hydrogen-bond acceptors (Lipinski definition) is 3. The zero-order valence-corrected chi connectivity index (χ0v) is 12.6. The van der Waals surface area contributed by atoms with Gasteiger partial charge in [-0.05, 0) is 30.7 Å². The Morgan fingerprint density at radius 1 is 1.25 bits per heavy atom. The summed E-state index contributed by atoms with van der Waals surface area (Å²) < 4.78 is 5.69. The summed E-state index contributed by atoms with van der Waals surface area (Å²) in [6.07, 6.45) is 4.20. The van der Waals surface area contributed by atoms with Gasteiger partial charge in [0.1, 0.15) is 0 Å². The van der Waals surface area contributed by atoms with Gasteiger partial charge in [-0.25, -0.2) is 0 Å². The van der Waals surface area contributed by atoms with Gasteiger partial charge in [-0.2, -0.15) is 0 Å². The normalized spacial score (nSPS) is 14.3. The summed E-state index contributed by atoms with van der Waals surface area (Å²) in [5.74, 6) is 0. The molecule has 0 saturated heterocycles. The maximum atomic E-state index is 5.69. The Balaban J connectivity index is 2.34. The molecule has 20 heavy (non-hydrogen) atoms. The van der Waals surface area contributed by atoms with E-state index in [1.807, 2.05) is 12.3 Å². The fourth-order valence-electron chi connectivity index (χ4n) is 2.67. The first kappa shape index (κ1) is 14.9. The topological polar surface area (TPSA) is 34.1 Å². The maximum Gasteiger partial charge on any atom is 0.0765 e. The quantitative estimate of drug-likeness (QED) is 0.834. The highest BCUT2D eigenvalue weighted by molar-refractivity contribution is 5.79. The van der Waals surface area contributed by atoms with Crippen molar-refractivity contribution < 1.29 is 4.74 Å². The van der Waals surface area contributed by atoms with Crippen molar-refractivity contribution in [3.8, 4) is 0 Å². The summed E-state index contributed by atoms with van der Waals surface area (Å²) in [4.78, 5) is 4.45. The van der Waals surface area contributed by atoms with E-state index in [9.17, 15) is 0 Å². The molecule has 2 rings (SSSR count). The Labute approximate surface area is 121 Å². The summed E-state index contributed by atoms with van der Waals surface area (Å²) in [7, 11) is 1.80. The van der Waals surface area contributed by atoms with Crippen molar-refractivity contribution in [1.29, 1.82) is 0 Å². The monoisotopic (exact) mass is 272 g/mol. The van der Waals surface area contributed by atoms with Crippen molar-refractivity contribution in [2.75, 3.05) is 13.7 Å². The van der Waals surface area contributed by atoms with Crippen molar-refractivity contribution in [1.82, 2.24) is 10.3 Å². The average molecular weight is 272 g/mol. The minimum Gasteiger partial charge on any atom is -0.379 e. The van der Waals surface area contributed by atoms with Crippen molar-refractivity contribution in [3.05, 3.63) is 42.1 Å². The highest BCUT2D eigenvalue weighted by Gasteiger charge is 2.21. The molecule has 3 nitrogen and oxygen atoms in total. The molecule has 0 amide bonds. The number of benzene rings is 1. The number of methoxy groups -OCH3 is 1. The van der Waals surface area contributed by atoms with Gasteiger partial charge in [0.2, 0.25) is 0 Å². The number of hydrogen-bond donors (Lipinski definition) is 1. The van der Waals surface area contributed by atoms with Gasteiger partial charge in [0.25, 0.3) is 0 Å². The van der Waals surface area contributed by atoms with Crippen LogP contribution >= 0.6 is 0 Å². The van der Waals surface area contributed by atoms with Crippen LogP contribution in [0.5, 0.6) is 0 Å². The number of nitrogens with one attached hydrogen (secondary N) is 1. The lowest BCUT2D eigenvalue weighted by Gasteiger charge is -2.27. The number of rotatable bonds is 7. The molecule has 0 radical (unpaired) electrons. The lowest BCUT2D eigenvalue weighted by atomic mass is 9.97. The van der Waals surface area contributed by atoms with Crippen LogP contribution in [0.4, 0.5) is 0 Å². The van der Waals surface area contributed by atoms with Gasteiger partial charge in [-0.1, -0.05) is 38.5 Å². The molecule has 0 aliphatic rings. The number of nitrogens with zero attached hydrogens (tertiary/aromatic N) is 1. The Bertz CT molecular complexity index is 541. The van der Waals surface area contributed by atoms with Crippen LogP contribution < -0.4 is 5.32 Å². The molecule has 2 unspecified atom stereocenters. The molecule has 0 saturated carbocycles. The van der Waals surface area contributed by atoms with E-state index in [1.54, 1.807) is 7.11 Å². The van der Waals surface area contributed by atoms with Gasteiger partial charge < -0.3 is 10.1 Å². The Morgan fingerprint density at radius 2 is 2.10 bits per heavy atom. The molecular weight excluding hydrogens is 248 g/mol. The summed E-state index contributed by atoms with van der Waals surface area (Å²) >= 11 is 0. The molecule has 1 aromatic carbocycles. The number of ether oxygens (including phenoxy) is 1. The maximum absolute atomic E-state index is 5.69. The smallest absolute Gasteiger partial charge is 0.0765 e. The molecule has 3 heteroatoms. The van der Waals surface area contributed by atoms with Crippen LogP contribution in [0, 0.1) is 0 Å². The van der Waals surface area contributed by atoms with Gasteiger partial charge in [-0.3, -0.25) is 4.98 Å². The van der Waals surface area contributed by atoms with E-state index in [0.29, 0.717) is 0 Å². The third-order valence-electron chi connectivity index (χ3n) is 3.66. The first-order valence-corrected chi connectivity index (χ1v) is 7.41. The second-order valence-corrected chi connectivity index (χ2v) is 5.05. The van der Waals surface area contributed by atoms with Gasteiger partial charge in [0, 0.05) is 18.7 Å². The van der Waals surface area contributed by atoms with Crippen molar-refractivity contribution in [2.45, 2.75) is 38.8 Å². The fraction of sp³-hybridized carbons (Fsp3) is 0.471. The Kier molecular flexibility index (Phi) is 5.50. The second-order valence-electron chi connectivity index (χ2n) is 5.05. The number of pyridine rings is 1. The SMILES string of the molecule is CCCC(OC)C(NCC)c1ccc2cccnc2c1. The summed E-state index contributed by atoms with van der Waals surface area (Å²) in [5.41, 5.74) is 2.29. The molecule has 1 aromatic heterocycles. The molecule has 0 bridgehead atoms. The first-order valence-electron chi connectivity index (χ1n) is 7.41. The predicted octanol–water partition coefficient (Wildman–Crippen LogP) is 3.70. The van der Waals surface area contributed by atoms with E-state index in [0.717, 1.165) is 24.9 Å². The van der Waals surface area contributed by atoms with Gasteiger partial charge in [0.05, 0.1) is 17.7 Å². The van der Waals surface area contributed by atoms with E-state index >= 15 is 0 Å². The molecule has 0 spiro atoms. The van der Waals surface area contributed by atoms with Gasteiger partial charge >= 0.3 is 0 Å². The van der Waals surface area contributed by atoms with E-state index < -0.39 is 0 Å². The average Bonchev–Trinajstić information content (AvgIpc) is 2.50. The fourth-order valence-corrected chi connectivity index (χ4v) is 2.67. The van der Waals surface area contributed by atoms with Crippen LogP contribution in [0.25, 0.3) is 10.9 Å². The number of fused-ring (bicyclic) bond motifs is 1. The van der Waals surface area contributed by atoms with E-state index in [-0.39, 0.29) is 12.1 Å². The summed E-state index contributed by atoms with van der Waals surface area (Å²) in [6, 6.07) is 10.8. The van der Waals surface area contributed by atoms with Crippen molar-refractivity contribution >= 4 is 10.9 Å². The summed E-state index contributed by atoms with van der Waals surface area (Å²) in [6.45, 7) is 5.25. The van der Waals surface area contributed by atoms with Crippen LogP contribution in [-0.2, 0) is 4.74 Å². The zero-order chi connectivity index (χ0) is 14.4.